The first-order valence-electron chi connectivity index (χ1n) is 6.97. The molecule has 0 saturated heterocycles. The molecule has 1 aliphatic carbocycles. The Morgan fingerprint density at radius 3 is 2.38 bits per heavy atom. The van der Waals surface area contributed by atoms with E-state index >= 15 is 0 Å². The lowest BCUT2D eigenvalue weighted by molar-refractivity contribution is 0.179. The van der Waals surface area contributed by atoms with Gasteiger partial charge in [0.1, 0.15) is 0 Å². The fourth-order valence-corrected chi connectivity index (χ4v) is 4.66. The van der Waals surface area contributed by atoms with Gasteiger partial charge in [-0.2, -0.15) is 0 Å². The van der Waals surface area contributed by atoms with E-state index < -0.39 is 9.28 Å². The van der Waals surface area contributed by atoms with Crippen molar-refractivity contribution in [2.45, 2.75) is 64.8 Å². The van der Waals surface area contributed by atoms with Crippen LogP contribution in [0.5, 0.6) is 0 Å². The second-order valence-electron chi connectivity index (χ2n) is 5.28. The Labute approximate surface area is 103 Å². The van der Waals surface area contributed by atoms with Gasteiger partial charge < -0.3 is 8.85 Å². The zero-order valence-corrected chi connectivity index (χ0v) is 12.4. The highest BCUT2D eigenvalue weighted by Crippen LogP contribution is 2.32. The van der Waals surface area contributed by atoms with Gasteiger partial charge in [0.25, 0.3) is 0 Å². The number of hydrogen-bond acceptors (Lipinski definition) is 2. The third kappa shape index (κ3) is 5.46. The second-order valence-corrected chi connectivity index (χ2v) is 7.62. The summed E-state index contributed by atoms with van der Waals surface area (Å²) >= 11 is 0. The van der Waals surface area contributed by atoms with Crippen LogP contribution in [0.3, 0.4) is 0 Å². The molecule has 3 heteroatoms. The van der Waals surface area contributed by atoms with Gasteiger partial charge in [-0.25, -0.2) is 0 Å². The minimum absolute atomic E-state index is 0.739. The van der Waals surface area contributed by atoms with Crippen LogP contribution in [0.1, 0.15) is 59.3 Å². The van der Waals surface area contributed by atoms with Gasteiger partial charge in [0.2, 0.25) is 0 Å². The van der Waals surface area contributed by atoms with Crippen LogP contribution < -0.4 is 0 Å². The van der Waals surface area contributed by atoms with Crippen LogP contribution in [-0.4, -0.2) is 22.5 Å². The minimum atomic E-state index is -1.37. The van der Waals surface area contributed by atoms with Gasteiger partial charge in [-0.3, -0.25) is 0 Å². The van der Waals surface area contributed by atoms with E-state index in [2.05, 4.69) is 20.8 Å². The van der Waals surface area contributed by atoms with Crippen molar-refractivity contribution in [2.75, 3.05) is 13.2 Å². The molecule has 0 heterocycles. The lowest BCUT2D eigenvalue weighted by Crippen LogP contribution is -2.31. The maximum Gasteiger partial charge on any atom is 0.324 e. The summed E-state index contributed by atoms with van der Waals surface area (Å²) in [6, 6.07) is 0. The van der Waals surface area contributed by atoms with E-state index in [0.29, 0.717) is 0 Å². The Balaban J connectivity index is 2.27. The van der Waals surface area contributed by atoms with Gasteiger partial charge in [-0.15, -0.1) is 0 Å². The maximum atomic E-state index is 6.05. The maximum absolute atomic E-state index is 6.05. The Kier molecular flexibility index (Phi) is 7.33. The molecule has 1 rings (SSSR count). The molecule has 0 aliphatic heterocycles. The molecule has 0 aromatic heterocycles. The first kappa shape index (κ1) is 14.2. The van der Waals surface area contributed by atoms with E-state index in [1.807, 2.05) is 0 Å². The quantitative estimate of drug-likeness (QED) is 0.637. The molecule has 0 amide bonds. The number of rotatable bonds is 7. The fourth-order valence-electron chi connectivity index (χ4n) is 2.31. The van der Waals surface area contributed by atoms with Crippen LogP contribution in [0.2, 0.25) is 5.54 Å². The second kappa shape index (κ2) is 8.26. The fraction of sp³-hybridized carbons (Fsp3) is 1.00. The van der Waals surface area contributed by atoms with E-state index in [1.165, 1.54) is 38.5 Å². The molecule has 2 nitrogen and oxygen atoms in total. The average molecular weight is 244 g/mol. The first-order valence-corrected chi connectivity index (χ1v) is 8.58. The molecule has 1 atom stereocenters. The Morgan fingerprint density at radius 1 is 1.12 bits per heavy atom. The largest absolute Gasteiger partial charge is 0.397 e. The smallest absolute Gasteiger partial charge is 0.324 e. The lowest BCUT2D eigenvalue weighted by Gasteiger charge is -2.28. The summed E-state index contributed by atoms with van der Waals surface area (Å²) in [6.45, 7) is 8.33. The number of hydrogen-bond donors (Lipinski definition) is 0. The zero-order valence-electron chi connectivity index (χ0n) is 11.2. The van der Waals surface area contributed by atoms with Gasteiger partial charge in [-0.05, 0) is 37.6 Å². The first-order chi connectivity index (χ1) is 7.74. The van der Waals surface area contributed by atoms with Crippen molar-refractivity contribution >= 4 is 9.28 Å². The van der Waals surface area contributed by atoms with Crippen LogP contribution in [-0.2, 0) is 8.85 Å². The van der Waals surface area contributed by atoms with Crippen molar-refractivity contribution < 1.29 is 8.85 Å². The van der Waals surface area contributed by atoms with Crippen molar-refractivity contribution in [2.24, 2.45) is 5.92 Å². The van der Waals surface area contributed by atoms with Crippen molar-refractivity contribution in [3.63, 3.8) is 0 Å². The molecule has 16 heavy (non-hydrogen) atoms. The van der Waals surface area contributed by atoms with E-state index in [4.69, 9.17) is 8.85 Å². The predicted molar refractivity (Wildman–Crippen MR) is 71.0 cm³/mol. The molecule has 0 aromatic rings. The molecule has 0 N–H and O–H groups in total. The monoisotopic (exact) mass is 244 g/mol. The lowest BCUT2D eigenvalue weighted by atomic mass is 10.0. The van der Waals surface area contributed by atoms with Crippen LogP contribution >= 0.6 is 0 Å². The molecular formula is C13H28O2Si. The summed E-state index contributed by atoms with van der Waals surface area (Å²) in [5.74, 6) is 0.739. The highest BCUT2D eigenvalue weighted by Gasteiger charge is 2.27. The van der Waals surface area contributed by atoms with Gasteiger partial charge >= 0.3 is 9.28 Å². The molecule has 0 bridgehead atoms. The van der Waals surface area contributed by atoms with E-state index in [1.54, 1.807) is 0 Å². The summed E-state index contributed by atoms with van der Waals surface area (Å²) in [7, 11) is -1.37. The van der Waals surface area contributed by atoms with Gasteiger partial charge in [0, 0.05) is 13.2 Å². The van der Waals surface area contributed by atoms with Crippen molar-refractivity contribution in [3.05, 3.63) is 0 Å². The van der Waals surface area contributed by atoms with E-state index in [-0.39, 0.29) is 0 Å². The Hall–Kier alpha value is 0.137. The van der Waals surface area contributed by atoms with E-state index in [0.717, 1.165) is 24.7 Å². The predicted octanol–water partition coefficient (Wildman–Crippen LogP) is 3.64. The molecule has 1 aliphatic rings. The highest BCUT2D eigenvalue weighted by molar-refractivity contribution is 6.46. The third-order valence-corrected chi connectivity index (χ3v) is 6.01. The third-order valence-electron chi connectivity index (χ3n) is 3.34. The Morgan fingerprint density at radius 2 is 1.81 bits per heavy atom. The molecular weight excluding hydrogens is 216 g/mol. The molecule has 1 unspecified atom stereocenters. The molecule has 96 valence electrons. The summed E-state index contributed by atoms with van der Waals surface area (Å²) in [5, 5.41) is 0. The van der Waals surface area contributed by atoms with Crippen molar-refractivity contribution in [1.29, 1.82) is 0 Å². The zero-order chi connectivity index (χ0) is 11.8. The summed E-state index contributed by atoms with van der Waals surface area (Å²) in [4.78, 5) is 0. The van der Waals surface area contributed by atoms with Crippen LogP contribution in [0.25, 0.3) is 0 Å². The molecule has 1 saturated carbocycles. The van der Waals surface area contributed by atoms with Crippen molar-refractivity contribution in [3.8, 4) is 0 Å². The highest BCUT2D eigenvalue weighted by atomic mass is 28.3. The summed E-state index contributed by atoms with van der Waals surface area (Å²) in [6.07, 6.45) is 8.04. The summed E-state index contributed by atoms with van der Waals surface area (Å²) < 4.78 is 11.9. The molecule has 0 aromatic carbocycles. The van der Waals surface area contributed by atoms with E-state index in [9.17, 15) is 0 Å². The molecule has 0 spiro atoms. The summed E-state index contributed by atoms with van der Waals surface area (Å²) in [5.41, 5.74) is 0.779. The SMILES string of the molecule is CCO[SiH](OCCC(C)C)C1CCCCC1. The normalized spacial score (nSPS) is 20.2. The molecule has 0 radical (unpaired) electrons. The Bertz CT molecular complexity index is 167. The topological polar surface area (TPSA) is 18.5 Å². The molecule has 1 fully saturated rings. The van der Waals surface area contributed by atoms with Crippen LogP contribution in [0.4, 0.5) is 0 Å². The van der Waals surface area contributed by atoms with Gasteiger partial charge in [0.15, 0.2) is 0 Å². The van der Waals surface area contributed by atoms with Gasteiger partial charge in [0.05, 0.1) is 0 Å². The van der Waals surface area contributed by atoms with Crippen molar-refractivity contribution in [1.82, 2.24) is 0 Å². The standard InChI is InChI=1S/C13H28O2Si/c1-4-14-16(15-11-10-12(2)3)13-8-6-5-7-9-13/h12-13,16H,4-11H2,1-3H3. The average Bonchev–Trinajstić information content (AvgIpc) is 2.29. The van der Waals surface area contributed by atoms with Crippen LogP contribution in [0.15, 0.2) is 0 Å². The van der Waals surface area contributed by atoms with Gasteiger partial charge in [-0.1, -0.05) is 33.1 Å². The minimum Gasteiger partial charge on any atom is -0.397 e. The van der Waals surface area contributed by atoms with Crippen LogP contribution in [0, 0.1) is 5.92 Å².